The number of nitrogens with one attached hydrogen (secondary N) is 1. The van der Waals surface area contributed by atoms with Gasteiger partial charge in [-0.2, -0.15) is 0 Å². The lowest BCUT2D eigenvalue weighted by atomic mass is 9.95. The zero-order valence-corrected chi connectivity index (χ0v) is 20.4. The van der Waals surface area contributed by atoms with Gasteiger partial charge in [0.15, 0.2) is 16.7 Å². The molecule has 4 rings (SSSR count). The summed E-state index contributed by atoms with van der Waals surface area (Å²) in [5.74, 6) is 2.80. The fourth-order valence-electron chi connectivity index (χ4n) is 4.02. The predicted octanol–water partition coefficient (Wildman–Crippen LogP) is 2.90. The number of carbonyl (C=O) groups is 1. The van der Waals surface area contributed by atoms with Gasteiger partial charge < -0.3 is 24.4 Å². The van der Waals surface area contributed by atoms with Crippen LogP contribution < -0.4 is 19.7 Å². The van der Waals surface area contributed by atoms with Gasteiger partial charge in [0.2, 0.25) is 11.9 Å². The number of anilines is 1. The van der Waals surface area contributed by atoms with E-state index >= 15 is 0 Å². The van der Waals surface area contributed by atoms with E-state index in [-0.39, 0.29) is 23.6 Å². The summed E-state index contributed by atoms with van der Waals surface area (Å²) in [6, 6.07) is 5.81. The standard InChI is InChI=1S/C23H33N5O4S/c1-4-28-22(27-8-12-30-13-9-27)25-26-23(28)33-15-20(29)24-21(16(2)3)17-6-7-18-19(14-17)32-11-5-10-31-18/h6-7,14,16,21H,4-5,8-13,15H2,1-3H3,(H,24,29). The van der Waals surface area contributed by atoms with Crippen LogP contribution in [0.3, 0.4) is 0 Å². The smallest absolute Gasteiger partial charge is 0.230 e. The number of hydrogen-bond donors (Lipinski definition) is 1. The van der Waals surface area contributed by atoms with E-state index in [0.29, 0.717) is 26.4 Å². The molecule has 0 aliphatic carbocycles. The second-order valence-corrected chi connectivity index (χ2v) is 9.40. The molecule has 10 heteroatoms. The summed E-state index contributed by atoms with van der Waals surface area (Å²) in [6.07, 6.45) is 0.862. The van der Waals surface area contributed by atoms with Crippen LogP contribution in [0.25, 0.3) is 0 Å². The van der Waals surface area contributed by atoms with Crippen LogP contribution in [0.5, 0.6) is 11.5 Å². The van der Waals surface area contributed by atoms with E-state index in [9.17, 15) is 4.79 Å². The number of morpholine rings is 1. The molecule has 1 N–H and O–H groups in total. The van der Waals surface area contributed by atoms with Gasteiger partial charge in [0.05, 0.1) is 38.2 Å². The zero-order valence-electron chi connectivity index (χ0n) is 19.6. The Morgan fingerprint density at radius 2 is 1.88 bits per heavy atom. The number of benzene rings is 1. The summed E-state index contributed by atoms with van der Waals surface area (Å²) >= 11 is 1.41. The van der Waals surface area contributed by atoms with Crippen LogP contribution in [0.2, 0.25) is 0 Å². The minimum absolute atomic E-state index is 0.0376. The first-order valence-corrected chi connectivity index (χ1v) is 12.6. The van der Waals surface area contributed by atoms with E-state index in [4.69, 9.17) is 14.2 Å². The third-order valence-electron chi connectivity index (χ3n) is 5.75. The molecule has 1 aromatic heterocycles. The van der Waals surface area contributed by atoms with E-state index in [0.717, 1.165) is 54.2 Å². The van der Waals surface area contributed by atoms with Crippen LogP contribution in [-0.4, -0.2) is 65.9 Å². The van der Waals surface area contributed by atoms with E-state index in [1.165, 1.54) is 11.8 Å². The van der Waals surface area contributed by atoms with Crippen molar-refractivity contribution >= 4 is 23.6 Å². The normalized spacial score (nSPS) is 17.0. The van der Waals surface area contributed by atoms with Crippen molar-refractivity contribution in [2.75, 3.05) is 50.2 Å². The van der Waals surface area contributed by atoms with Crippen LogP contribution in [-0.2, 0) is 16.1 Å². The Hall–Kier alpha value is -2.46. The van der Waals surface area contributed by atoms with Crippen LogP contribution in [0, 0.1) is 5.92 Å². The molecule has 2 aliphatic rings. The summed E-state index contributed by atoms with van der Waals surface area (Å²) in [5.41, 5.74) is 1.01. The predicted molar refractivity (Wildman–Crippen MR) is 127 cm³/mol. The molecule has 2 aliphatic heterocycles. The quantitative estimate of drug-likeness (QED) is 0.583. The first-order chi connectivity index (χ1) is 16.1. The lowest BCUT2D eigenvalue weighted by molar-refractivity contribution is -0.119. The second-order valence-electron chi connectivity index (χ2n) is 8.46. The Morgan fingerprint density at radius 1 is 1.12 bits per heavy atom. The molecule has 3 heterocycles. The molecule has 1 aromatic carbocycles. The van der Waals surface area contributed by atoms with Gasteiger partial charge in [0, 0.05) is 26.1 Å². The first kappa shape index (κ1) is 23.7. The van der Waals surface area contributed by atoms with Gasteiger partial charge in [-0.15, -0.1) is 10.2 Å². The molecule has 0 radical (unpaired) electrons. The number of carbonyl (C=O) groups excluding carboxylic acids is 1. The largest absolute Gasteiger partial charge is 0.490 e. The highest BCUT2D eigenvalue weighted by Crippen LogP contribution is 2.34. The molecule has 0 saturated carbocycles. The molecule has 1 fully saturated rings. The van der Waals surface area contributed by atoms with Gasteiger partial charge in [-0.3, -0.25) is 9.36 Å². The second kappa shape index (κ2) is 11.1. The minimum atomic E-state index is -0.122. The molecule has 9 nitrogen and oxygen atoms in total. The Labute approximate surface area is 199 Å². The maximum Gasteiger partial charge on any atom is 0.230 e. The summed E-state index contributed by atoms with van der Waals surface area (Å²) < 4.78 is 19.1. The fourth-order valence-corrected chi connectivity index (χ4v) is 4.82. The SMILES string of the molecule is CCn1c(SCC(=O)NC(c2ccc3c(c2)OCCCO3)C(C)C)nnc1N1CCOCC1. The Kier molecular flexibility index (Phi) is 7.97. The number of thioether (sulfide) groups is 1. The van der Waals surface area contributed by atoms with Crippen LogP contribution in [0.1, 0.15) is 38.8 Å². The molecule has 33 heavy (non-hydrogen) atoms. The molecule has 1 atom stereocenters. The van der Waals surface area contributed by atoms with Crippen LogP contribution in [0.15, 0.2) is 23.4 Å². The third-order valence-corrected chi connectivity index (χ3v) is 6.72. The number of rotatable bonds is 8. The summed E-state index contributed by atoms with van der Waals surface area (Å²) in [7, 11) is 0. The van der Waals surface area contributed by atoms with Crippen molar-refractivity contribution in [3.05, 3.63) is 23.8 Å². The summed E-state index contributed by atoms with van der Waals surface area (Å²) in [6.45, 7) is 11.3. The highest BCUT2D eigenvalue weighted by atomic mass is 32.2. The molecule has 180 valence electrons. The van der Waals surface area contributed by atoms with E-state index in [1.807, 2.05) is 18.2 Å². The monoisotopic (exact) mass is 475 g/mol. The van der Waals surface area contributed by atoms with Crippen molar-refractivity contribution in [3.63, 3.8) is 0 Å². The first-order valence-electron chi connectivity index (χ1n) is 11.6. The molecule has 0 spiro atoms. The van der Waals surface area contributed by atoms with Crippen LogP contribution >= 0.6 is 11.8 Å². The number of nitrogens with zero attached hydrogens (tertiary/aromatic N) is 4. The highest BCUT2D eigenvalue weighted by Gasteiger charge is 2.23. The summed E-state index contributed by atoms with van der Waals surface area (Å²) in [5, 5.41) is 12.7. The lowest BCUT2D eigenvalue weighted by Gasteiger charge is -2.27. The van der Waals surface area contributed by atoms with Gasteiger partial charge in [-0.25, -0.2) is 0 Å². The van der Waals surface area contributed by atoms with Crippen molar-refractivity contribution < 1.29 is 19.0 Å². The molecule has 1 saturated heterocycles. The molecular formula is C23H33N5O4S. The minimum Gasteiger partial charge on any atom is -0.490 e. The molecule has 1 amide bonds. The van der Waals surface area contributed by atoms with E-state index < -0.39 is 0 Å². The van der Waals surface area contributed by atoms with Gasteiger partial charge in [0.25, 0.3) is 0 Å². The summed E-state index contributed by atoms with van der Waals surface area (Å²) in [4.78, 5) is 15.1. The maximum atomic E-state index is 12.9. The lowest BCUT2D eigenvalue weighted by Crippen LogP contribution is -2.38. The van der Waals surface area contributed by atoms with Crippen LogP contribution in [0.4, 0.5) is 5.95 Å². The maximum absolute atomic E-state index is 12.9. The number of hydrogen-bond acceptors (Lipinski definition) is 8. The van der Waals surface area contributed by atoms with Crippen molar-refractivity contribution in [1.82, 2.24) is 20.1 Å². The Balaban J connectivity index is 1.40. The Morgan fingerprint density at radius 3 is 2.61 bits per heavy atom. The van der Waals surface area contributed by atoms with Gasteiger partial charge >= 0.3 is 0 Å². The highest BCUT2D eigenvalue weighted by molar-refractivity contribution is 7.99. The van der Waals surface area contributed by atoms with E-state index in [2.05, 4.69) is 45.8 Å². The molecular weight excluding hydrogens is 442 g/mol. The molecule has 1 unspecified atom stereocenters. The van der Waals surface area contributed by atoms with Gasteiger partial charge in [-0.05, 0) is 30.5 Å². The zero-order chi connectivity index (χ0) is 23.2. The average Bonchev–Trinajstić information content (AvgIpc) is 3.10. The number of amides is 1. The Bertz CT molecular complexity index is 945. The third kappa shape index (κ3) is 5.73. The topological polar surface area (TPSA) is 90.7 Å². The van der Waals surface area contributed by atoms with Crippen molar-refractivity contribution in [2.24, 2.45) is 5.92 Å². The van der Waals surface area contributed by atoms with Gasteiger partial charge in [-0.1, -0.05) is 31.7 Å². The van der Waals surface area contributed by atoms with Gasteiger partial charge in [0.1, 0.15) is 0 Å². The van der Waals surface area contributed by atoms with E-state index in [1.54, 1.807) is 0 Å². The number of aromatic nitrogens is 3. The molecule has 2 aromatic rings. The van der Waals surface area contributed by atoms with Crippen molar-refractivity contribution in [2.45, 2.75) is 44.9 Å². The fraction of sp³-hybridized carbons (Fsp3) is 0.609. The van der Waals surface area contributed by atoms with Crippen molar-refractivity contribution in [1.29, 1.82) is 0 Å². The van der Waals surface area contributed by atoms with Crippen molar-refractivity contribution in [3.8, 4) is 11.5 Å². The average molecular weight is 476 g/mol. The number of ether oxygens (including phenoxy) is 3. The molecule has 0 bridgehead atoms. The number of fused-ring (bicyclic) bond motifs is 1.